The third kappa shape index (κ3) is 4.42. The molecule has 0 radical (unpaired) electrons. The van der Waals surface area contributed by atoms with Crippen molar-refractivity contribution in [3.63, 3.8) is 0 Å². The molecule has 0 unspecified atom stereocenters. The number of fused-ring (bicyclic) bond motifs is 1. The summed E-state index contributed by atoms with van der Waals surface area (Å²) in [5.41, 5.74) is 0.572. The maximum Gasteiger partial charge on any atom is 0.236 e. The molecule has 0 bridgehead atoms. The van der Waals surface area contributed by atoms with E-state index in [-0.39, 0.29) is 12.4 Å². The molecule has 0 aliphatic heterocycles. The molecule has 130 valence electrons. The van der Waals surface area contributed by atoms with Crippen LogP contribution in [0.1, 0.15) is 0 Å². The van der Waals surface area contributed by atoms with E-state index in [4.69, 9.17) is 9.47 Å². The van der Waals surface area contributed by atoms with E-state index >= 15 is 0 Å². The molecule has 3 aromatic rings. The highest BCUT2D eigenvalue weighted by Gasteiger charge is 2.12. The molecule has 0 aromatic heterocycles. The zero-order chi connectivity index (χ0) is 17.7. The first-order valence-corrected chi connectivity index (χ1v) is 9.48. The second-order valence-corrected chi connectivity index (χ2v) is 7.31. The molecule has 25 heavy (non-hydrogen) atoms. The highest BCUT2D eigenvalue weighted by atomic mass is 32.2. The zero-order valence-electron chi connectivity index (χ0n) is 13.8. The number of anilines is 1. The van der Waals surface area contributed by atoms with E-state index in [1.807, 2.05) is 36.4 Å². The smallest absolute Gasteiger partial charge is 0.236 e. The van der Waals surface area contributed by atoms with Gasteiger partial charge in [-0.05, 0) is 35.7 Å². The van der Waals surface area contributed by atoms with Crippen LogP contribution in [0.5, 0.6) is 11.5 Å². The van der Waals surface area contributed by atoms with Crippen molar-refractivity contribution in [1.29, 1.82) is 0 Å². The van der Waals surface area contributed by atoms with Crippen LogP contribution >= 0.6 is 0 Å². The van der Waals surface area contributed by atoms with E-state index in [1.165, 1.54) is 0 Å². The Hall–Kier alpha value is -2.73. The molecule has 0 heterocycles. The number of hydrogen-bond donors (Lipinski definition) is 1. The van der Waals surface area contributed by atoms with Crippen LogP contribution in [0.25, 0.3) is 10.8 Å². The van der Waals surface area contributed by atoms with Gasteiger partial charge in [0.1, 0.15) is 23.9 Å². The van der Waals surface area contributed by atoms with E-state index in [9.17, 15) is 8.42 Å². The van der Waals surface area contributed by atoms with Crippen molar-refractivity contribution < 1.29 is 17.9 Å². The van der Waals surface area contributed by atoms with Gasteiger partial charge in [0.25, 0.3) is 0 Å². The molecule has 0 saturated carbocycles. The van der Waals surface area contributed by atoms with Crippen molar-refractivity contribution in [3.8, 4) is 11.5 Å². The molecule has 5 nitrogen and oxygen atoms in total. The summed E-state index contributed by atoms with van der Waals surface area (Å²) in [7, 11) is -1.92. The third-order valence-corrected chi connectivity index (χ3v) is 4.97. The van der Waals surface area contributed by atoms with Crippen LogP contribution < -0.4 is 14.2 Å². The maximum absolute atomic E-state index is 12.3. The Morgan fingerprint density at radius 3 is 2.32 bits per heavy atom. The van der Waals surface area contributed by atoms with Crippen LogP contribution in [0.4, 0.5) is 5.69 Å². The van der Waals surface area contributed by atoms with Gasteiger partial charge >= 0.3 is 0 Å². The van der Waals surface area contributed by atoms with Gasteiger partial charge in [-0.25, -0.2) is 8.42 Å². The Labute approximate surface area is 147 Å². The second kappa shape index (κ2) is 7.44. The predicted octanol–water partition coefficient (Wildman–Crippen LogP) is 3.67. The lowest BCUT2D eigenvalue weighted by Crippen LogP contribution is -2.21. The van der Waals surface area contributed by atoms with Gasteiger partial charge in [-0.15, -0.1) is 0 Å². The summed E-state index contributed by atoms with van der Waals surface area (Å²) < 4.78 is 37.8. The monoisotopic (exact) mass is 357 g/mol. The minimum Gasteiger partial charge on any atom is -0.497 e. The normalized spacial score (nSPS) is 11.2. The third-order valence-electron chi connectivity index (χ3n) is 3.74. The van der Waals surface area contributed by atoms with Crippen molar-refractivity contribution in [1.82, 2.24) is 0 Å². The van der Waals surface area contributed by atoms with Crippen molar-refractivity contribution >= 4 is 26.5 Å². The number of methoxy groups -OCH3 is 1. The van der Waals surface area contributed by atoms with Gasteiger partial charge in [0, 0.05) is 5.39 Å². The molecule has 0 aliphatic carbocycles. The Balaban J connectivity index is 1.63. The lowest BCUT2D eigenvalue weighted by molar-refractivity contribution is 0.340. The lowest BCUT2D eigenvalue weighted by Gasteiger charge is -2.11. The summed E-state index contributed by atoms with van der Waals surface area (Å²) in [4.78, 5) is 0. The highest BCUT2D eigenvalue weighted by molar-refractivity contribution is 7.92. The van der Waals surface area contributed by atoms with Crippen LogP contribution in [-0.4, -0.2) is 27.9 Å². The maximum atomic E-state index is 12.3. The Morgan fingerprint density at radius 1 is 0.880 bits per heavy atom. The van der Waals surface area contributed by atoms with E-state index in [0.29, 0.717) is 11.4 Å². The molecule has 6 heteroatoms. The summed E-state index contributed by atoms with van der Waals surface area (Å²) in [6, 6.07) is 20.2. The van der Waals surface area contributed by atoms with Crippen molar-refractivity contribution in [2.75, 3.05) is 24.2 Å². The van der Waals surface area contributed by atoms with Gasteiger partial charge in [-0.3, -0.25) is 4.72 Å². The molecule has 0 atom stereocenters. The molecule has 0 fully saturated rings. The van der Waals surface area contributed by atoms with E-state index in [0.717, 1.165) is 16.5 Å². The minimum atomic E-state index is -3.51. The molecule has 0 spiro atoms. The highest BCUT2D eigenvalue weighted by Crippen LogP contribution is 2.24. The standard InChI is InChI=1S/C19H19NO4S/c1-23-16-9-11-17(12-10-16)24-13-14-25(21,22)20-19-8-4-6-15-5-2-3-7-18(15)19/h2-12,20H,13-14H2,1H3. The second-order valence-electron chi connectivity index (χ2n) is 5.47. The number of rotatable bonds is 7. The fourth-order valence-corrected chi connectivity index (χ4v) is 3.39. The Bertz CT molecular complexity index is 947. The van der Waals surface area contributed by atoms with Crippen LogP contribution in [0, 0.1) is 0 Å². The largest absolute Gasteiger partial charge is 0.497 e. The first-order chi connectivity index (χ1) is 12.1. The molecular formula is C19H19NO4S. The van der Waals surface area contributed by atoms with Gasteiger partial charge in [-0.1, -0.05) is 36.4 Å². The quantitative estimate of drug-likeness (QED) is 0.701. The summed E-state index contributed by atoms with van der Waals surface area (Å²) in [6.45, 7) is 0.0619. The van der Waals surface area contributed by atoms with Crippen LogP contribution in [0.2, 0.25) is 0 Å². The van der Waals surface area contributed by atoms with Crippen LogP contribution in [0.15, 0.2) is 66.7 Å². The first kappa shape index (κ1) is 17.1. The summed E-state index contributed by atoms with van der Waals surface area (Å²) >= 11 is 0. The van der Waals surface area contributed by atoms with Gasteiger partial charge < -0.3 is 9.47 Å². The molecule has 3 aromatic carbocycles. The summed E-state index contributed by atoms with van der Waals surface area (Å²) in [5, 5.41) is 1.85. The van der Waals surface area contributed by atoms with Crippen LogP contribution in [-0.2, 0) is 10.0 Å². The predicted molar refractivity (Wildman–Crippen MR) is 99.8 cm³/mol. The van der Waals surface area contributed by atoms with Gasteiger partial charge in [0.15, 0.2) is 0 Å². The van der Waals surface area contributed by atoms with Crippen molar-refractivity contribution in [2.45, 2.75) is 0 Å². The first-order valence-electron chi connectivity index (χ1n) is 7.82. The summed E-state index contributed by atoms with van der Waals surface area (Å²) in [5.74, 6) is 1.18. The van der Waals surface area contributed by atoms with E-state index in [1.54, 1.807) is 37.4 Å². The number of nitrogens with one attached hydrogen (secondary N) is 1. The number of hydrogen-bond acceptors (Lipinski definition) is 4. The molecule has 3 rings (SSSR count). The molecule has 1 N–H and O–H groups in total. The minimum absolute atomic E-state index is 0.0619. The molecule has 0 amide bonds. The Morgan fingerprint density at radius 2 is 1.56 bits per heavy atom. The fraction of sp³-hybridized carbons (Fsp3) is 0.158. The molecule has 0 aliphatic rings. The summed E-state index contributed by atoms with van der Waals surface area (Å²) in [6.07, 6.45) is 0. The number of benzene rings is 3. The SMILES string of the molecule is COc1ccc(OCCS(=O)(=O)Nc2cccc3ccccc23)cc1. The van der Waals surface area contributed by atoms with E-state index in [2.05, 4.69) is 4.72 Å². The van der Waals surface area contributed by atoms with Crippen molar-refractivity contribution in [3.05, 3.63) is 66.7 Å². The number of sulfonamides is 1. The van der Waals surface area contributed by atoms with Crippen molar-refractivity contribution in [2.24, 2.45) is 0 Å². The number of ether oxygens (including phenoxy) is 2. The molecule has 0 saturated heterocycles. The average Bonchev–Trinajstić information content (AvgIpc) is 2.62. The Kier molecular flexibility index (Phi) is 5.09. The lowest BCUT2D eigenvalue weighted by atomic mass is 10.1. The molecular weight excluding hydrogens is 338 g/mol. The van der Waals surface area contributed by atoms with Gasteiger partial charge in [0.2, 0.25) is 10.0 Å². The van der Waals surface area contributed by atoms with Crippen LogP contribution in [0.3, 0.4) is 0 Å². The van der Waals surface area contributed by atoms with E-state index < -0.39 is 10.0 Å². The fourth-order valence-electron chi connectivity index (χ4n) is 2.47. The average molecular weight is 357 g/mol. The zero-order valence-corrected chi connectivity index (χ0v) is 14.6. The van der Waals surface area contributed by atoms with Gasteiger partial charge in [-0.2, -0.15) is 0 Å². The topological polar surface area (TPSA) is 64.6 Å². The van der Waals surface area contributed by atoms with Gasteiger partial charge in [0.05, 0.1) is 12.8 Å².